The van der Waals surface area contributed by atoms with Crippen LogP contribution in [0.1, 0.15) is 124 Å². The predicted octanol–water partition coefficient (Wildman–Crippen LogP) is 7.49. The molecular weight excluding hydrogens is 488 g/mol. The topological polar surface area (TPSA) is 92.4 Å². The Bertz CT molecular complexity index is 1060. The summed E-state index contributed by atoms with van der Waals surface area (Å²) in [4.78, 5) is 24.4. The second kappa shape index (κ2) is 12.5. The molecule has 0 saturated heterocycles. The average molecular weight is 529 g/mol. The molecule has 0 radical (unpaired) electrons. The van der Waals surface area contributed by atoms with Crippen molar-refractivity contribution >= 4 is 23.5 Å². The van der Waals surface area contributed by atoms with Gasteiger partial charge in [0.2, 0.25) is 5.91 Å². The quantitative estimate of drug-likeness (QED) is 0.297. The molecule has 2 fully saturated rings. The van der Waals surface area contributed by atoms with E-state index in [9.17, 15) is 14.7 Å². The fraction of sp³-hybridized carbons (Fsp3) is 0.633. The molecule has 1 aromatic heterocycles. The molecule has 2 aliphatic rings. The Kier molecular flexibility index (Phi) is 9.33. The number of amides is 1. The average Bonchev–Trinajstić information content (AvgIpc) is 3.58. The van der Waals surface area contributed by atoms with Crippen LogP contribution < -0.4 is 5.32 Å². The van der Waals surface area contributed by atoms with Gasteiger partial charge in [-0.25, -0.2) is 0 Å². The van der Waals surface area contributed by atoms with Crippen molar-refractivity contribution in [2.75, 3.05) is 0 Å². The summed E-state index contributed by atoms with van der Waals surface area (Å²) in [6, 6.07) is 5.73. The molecule has 202 valence electrons. The van der Waals surface area contributed by atoms with E-state index in [4.69, 9.17) is 16.1 Å². The van der Waals surface area contributed by atoms with Gasteiger partial charge < -0.3 is 14.9 Å². The number of carboxylic acids is 1. The van der Waals surface area contributed by atoms with Gasteiger partial charge >= 0.3 is 5.97 Å². The summed E-state index contributed by atoms with van der Waals surface area (Å²) >= 11 is 6.16. The second-order valence-electron chi connectivity index (χ2n) is 11.7. The van der Waals surface area contributed by atoms with Crippen molar-refractivity contribution in [3.05, 3.63) is 51.4 Å². The molecule has 0 bridgehead atoms. The highest BCUT2D eigenvalue weighted by Gasteiger charge is 2.38. The molecule has 7 heteroatoms. The van der Waals surface area contributed by atoms with Crippen LogP contribution in [0.2, 0.25) is 5.02 Å². The standard InChI is InChI=1S/C30H41ClN2O4/c1-18(2)12-20-4-6-23(7-5-20)30-28(22-8-9-22)29(33-37-30)24(10-11-27(35)36)16-26(34)32-17-21-13-19(3)14-25(31)15-21/h13-15,18,20,22-24H,4-12,16-17H2,1-3H3,(H,32,34)(H,35,36)/t20-,23-,24?. The van der Waals surface area contributed by atoms with Crippen LogP contribution in [0, 0.1) is 18.8 Å². The number of carbonyl (C=O) groups excluding carboxylic acids is 1. The number of aromatic nitrogens is 1. The first-order chi connectivity index (χ1) is 17.7. The molecule has 2 aromatic rings. The minimum Gasteiger partial charge on any atom is -0.481 e. The van der Waals surface area contributed by atoms with Gasteiger partial charge in [0, 0.05) is 41.8 Å². The molecule has 2 saturated carbocycles. The maximum absolute atomic E-state index is 13.0. The number of carboxylic acid groups (broad SMARTS) is 1. The first kappa shape index (κ1) is 27.7. The van der Waals surface area contributed by atoms with Crippen LogP contribution in [0.4, 0.5) is 0 Å². The monoisotopic (exact) mass is 528 g/mol. The van der Waals surface area contributed by atoms with Crippen LogP contribution in [-0.4, -0.2) is 22.1 Å². The minimum atomic E-state index is -0.861. The van der Waals surface area contributed by atoms with Crippen LogP contribution in [0.3, 0.4) is 0 Å². The molecule has 2 N–H and O–H groups in total. The molecule has 2 aliphatic carbocycles. The highest BCUT2D eigenvalue weighted by atomic mass is 35.5. The van der Waals surface area contributed by atoms with Gasteiger partial charge in [0.15, 0.2) is 0 Å². The van der Waals surface area contributed by atoms with Crippen molar-refractivity contribution in [2.24, 2.45) is 11.8 Å². The fourth-order valence-electron chi connectivity index (χ4n) is 6.07. The van der Waals surface area contributed by atoms with E-state index in [-0.39, 0.29) is 24.7 Å². The van der Waals surface area contributed by atoms with E-state index in [1.54, 1.807) is 0 Å². The Morgan fingerprint density at radius 1 is 1.11 bits per heavy atom. The number of aryl methyl sites for hydroxylation is 1. The Balaban J connectivity index is 1.47. The molecule has 1 heterocycles. The summed E-state index contributed by atoms with van der Waals surface area (Å²) in [5, 5.41) is 17.5. The zero-order chi connectivity index (χ0) is 26.5. The Morgan fingerprint density at radius 3 is 2.43 bits per heavy atom. The molecule has 6 nitrogen and oxygen atoms in total. The van der Waals surface area contributed by atoms with E-state index >= 15 is 0 Å². The van der Waals surface area contributed by atoms with Crippen LogP contribution in [0.5, 0.6) is 0 Å². The minimum absolute atomic E-state index is 0.00194. The highest BCUT2D eigenvalue weighted by molar-refractivity contribution is 6.30. The third-order valence-electron chi connectivity index (χ3n) is 7.91. The van der Waals surface area contributed by atoms with Gasteiger partial charge in [-0.15, -0.1) is 0 Å². The van der Waals surface area contributed by atoms with Crippen LogP contribution in [-0.2, 0) is 16.1 Å². The lowest BCUT2D eigenvalue weighted by atomic mass is 9.76. The molecule has 1 atom stereocenters. The Labute approximate surface area is 225 Å². The van der Waals surface area contributed by atoms with E-state index < -0.39 is 5.97 Å². The van der Waals surface area contributed by atoms with Crippen molar-refractivity contribution in [1.82, 2.24) is 10.5 Å². The van der Waals surface area contributed by atoms with Gasteiger partial charge in [-0.1, -0.05) is 36.7 Å². The maximum Gasteiger partial charge on any atom is 0.303 e. The summed E-state index contributed by atoms with van der Waals surface area (Å²) in [5.74, 6) is 2.07. The number of hydrogen-bond acceptors (Lipinski definition) is 4. The lowest BCUT2D eigenvalue weighted by Gasteiger charge is -2.28. The molecule has 37 heavy (non-hydrogen) atoms. The number of rotatable bonds is 12. The number of halogens is 1. The number of hydrogen-bond donors (Lipinski definition) is 2. The molecular formula is C30H41ClN2O4. The molecule has 4 rings (SSSR count). The van der Waals surface area contributed by atoms with Crippen molar-refractivity contribution in [2.45, 2.75) is 109 Å². The molecule has 1 amide bonds. The van der Waals surface area contributed by atoms with Crippen LogP contribution in [0.15, 0.2) is 22.7 Å². The molecule has 0 aliphatic heterocycles. The largest absolute Gasteiger partial charge is 0.481 e. The van der Waals surface area contributed by atoms with E-state index in [2.05, 4.69) is 24.3 Å². The third kappa shape index (κ3) is 7.83. The van der Waals surface area contributed by atoms with Gasteiger partial charge in [0.25, 0.3) is 0 Å². The zero-order valence-corrected chi connectivity index (χ0v) is 23.2. The second-order valence-corrected chi connectivity index (χ2v) is 12.2. The van der Waals surface area contributed by atoms with E-state index in [0.29, 0.717) is 29.8 Å². The smallest absolute Gasteiger partial charge is 0.303 e. The van der Waals surface area contributed by atoms with E-state index in [1.165, 1.54) is 24.8 Å². The lowest BCUT2D eigenvalue weighted by Crippen LogP contribution is -2.25. The number of nitrogens with one attached hydrogen (secondary N) is 1. The van der Waals surface area contributed by atoms with Crippen LogP contribution >= 0.6 is 11.6 Å². The van der Waals surface area contributed by atoms with Crippen molar-refractivity contribution < 1.29 is 19.2 Å². The molecule has 1 aromatic carbocycles. The van der Waals surface area contributed by atoms with Gasteiger partial charge in [-0.2, -0.15) is 0 Å². The van der Waals surface area contributed by atoms with Crippen molar-refractivity contribution in [3.63, 3.8) is 0 Å². The van der Waals surface area contributed by atoms with Gasteiger partial charge in [-0.3, -0.25) is 9.59 Å². The third-order valence-corrected chi connectivity index (χ3v) is 8.13. The summed E-state index contributed by atoms with van der Waals surface area (Å²) < 4.78 is 6.03. The van der Waals surface area contributed by atoms with E-state index in [0.717, 1.165) is 60.1 Å². The Morgan fingerprint density at radius 2 is 1.81 bits per heavy atom. The summed E-state index contributed by atoms with van der Waals surface area (Å²) in [7, 11) is 0. The summed E-state index contributed by atoms with van der Waals surface area (Å²) in [6.07, 6.45) is 8.73. The van der Waals surface area contributed by atoms with Gasteiger partial charge in [0.1, 0.15) is 5.76 Å². The zero-order valence-electron chi connectivity index (χ0n) is 22.4. The lowest BCUT2D eigenvalue weighted by molar-refractivity contribution is -0.137. The Hall–Kier alpha value is -2.34. The molecule has 1 unspecified atom stereocenters. The van der Waals surface area contributed by atoms with Crippen molar-refractivity contribution in [3.8, 4) is 0 Å². The van der Waals surface area contributed by atoms with Crippen LogP contribution in [0.25, 0.3) is 0 Å². The summed E-state index contributed by atoms with van der Waals surface area (Å²) in [5.41, 5.74) is 3.98. The first-order valence-electron chi connectivity index (χ1n) is 13.9. The SMILES string of the molecule is Cc1cc(Cl)cc(CNC(=O)CC(CCC(=O)O)c2noc([C@H]3CC[C@H](CC(C)C)CC3)c2C2CC2)c1. The maximum atomic E-state index is 13.0. The number of carbonyl (C=O) groups is 2. The number of aliphatic carboxylic acids is 1. The van der Waals surface area contributed by atoms with Gasteiger partial charge in [-0.05, 0) is 99.3 Å². The number of benzene rings is 1. The van der Waals surface area contributed by atoms with E-state index in [1.807, 2.05) is 25.1 Å². The predicted molar refractivity (Wildman–Crippen MR) is 145 cm³/mol. The highest BCUT2D eigenvalue weighted by Crippen LogP contribution is 2.50. The normalized spacial score (nSPS) is 20.7. The first-order valence-corrected chi connectivity index (χ1v) is 14.3. The van der Waals surface area contributed by atoms with Gasteiger partial charge in [0.05, 0.1) is 5.69 Å². The summed E-state index contributed by atoms with van der Waals surface area (Å²) in [6.45, 7) is 6.94. The van der Waals surface area contributed by atoms with Crippen molar-refractivity contribution in [1.29, 1.82) is 0 Å². The molecule has 0 spiro atoms. The fourth-order valence-corrected chi connectivity index (χ4v) is 6.38. The number of nitrogens with zero attached hydrogens (tertiary/aromatic N) is 1.